The Bertz CT molecular complexity index is 289. The second-order valence-corrected chi connectivity index (χ2v) is 8.77. The Morgan fingerprint density at radius 3 is 2.63 bits per heavy atom. The molecule has 19 heavy (non-hydrogen) atoms. The summed E-state index contributed by atoms with van der Waals surface area (Å²) in [5, 5.41) is 10.3. The van der Waals surface area contributed by atoms with Crippen molar-refractivity contribution < 1.29 is 5.11 Å². The van der Waals surface area contributed by atoms with E-state index >= 15 is 0 Å². The Morgan fingerprint density at radius 2 is 2.00 bits per heavy atom. The van der Waals surface area contributed by atoms with Crippen molar-refractivity contribution in [3.05, 3.63) is 0 Å². The van der Waals surface area contributed by atoms with Gasteiger partial charge >= 0.3 is 0 Å². The first-order valence-corrected chi connectivity index (χ1v) is 9.03. The Balaban J connectivity index is 1.93. The maximum absolute atomic E-state index is 10.3. The van der Waals surface area contributed by atoms with Crippen LogP contribution in [-0.2, 0) is 0 Å². The number of rotatable bonds is 2. The molecule has 2 aliphatic rings. The van der Waals surface area contributed by atoms with Gasteiger partial charge in [-0.2, -0.15) is 11.8 Å². The first-order chi connectivity index (χ1) is 8.88. The summed E-state index contributed by atoms with van der Waals surface area (Å²) in [5.41, 5.74) is 0.391. The first-order valence-electron chi connectivity index (χ1n) is 7.88. The molecule has 0 aromatic carbocycles. The molecule has 0 radical (unpaired) electrons. The average molecular weight is 285 g/mol. The maximum Gasteiger partial charge on any atom is 0.0580 e. The summed E-state index contributed by atoms with van der Waals surface area (Å²) in [6.07, 6.45) is 3.34. The highest BCUT2D eigenvalue weighted by Crippen LogP contribution is 2.40. The lowest BCUT2D eigenvalue weighted by Gasteiger charge is -2.43. The Labute approximate surface area is 123 Å². The van der Waals surface area contributed by atoms with Crippen molar-refractivity contribution in [1.29, 1.82) is 0 Å². The van der Waals surface area contributed by atoms with Gasteiger partial charge < -0.3 is 5.11 Å². The smallest absolute Gasteiger partial charge is 0.0580 e. The summed E-state index contributed by atoms with van der Waals surface area (Å²) < 4.78 is 0. The Kier molecular flexibility index (Phi) is 5.24. The summed E-state index contributed by atoms with van der Waals surface area (Å²) >= 11 is 2.07. The van der Waals surface area contributed by atoms with Crippen LogP contribution >= 0.6 is 11.8 Å². The fraction of sp³-hybridized carbons (Fsp3) is 1.00. The molecular formula is C16H31NOS. The summed E-state index contributed by atoms with van der Waals surface area (Å²) in [6, 6.07) is 0.681. The highest BCUT2D eigenvalue weighted by molar-refractivity contribution is 7.99. The summed E-state index contributed by atoms with van der Waals surface area (Å²) in [6.45, 7) is 11.7. The Hall–Kier alpha value is 0.270. The molecule has 1 N–H and O–H groups in total. The molecule has 0 aromatic heterocycles. The molecule has 0 amide bonds. The molecule has 1 saturated carbocycles. The zero-order chi connectivity index (χ0) is 14.0. The predicted molar refractivity (Wildman–Crippen MR) is 84.7 cm³/mol. The van der Waals surface area contributed by atoms with Crippen molar-refractivity contribution in [3.63, 3.8) is 0 Å². The third-order valence-electron chi connectivity index (χ3n) is 5.14. The molecule has 2 fully saturated rings. The molecule has 0 bridgehead atoms. The highest BCUT2D eigenvalue weighted by atomic mass is 32.2. The van der Waals surface area contributed by atoms with Gasteiger partial charge in [-0.15, -0.1) is 0 Å². The van der Waals surface area contributed by atoms with E-state index in [-0.39, 0.29) is 6.10 Å². The number of nitrogens with zero attached hydrogens (tertiary/aromatic N) is 1. The van der Waals surface area contributed by atoms with Gasteiger partial charge in [0.05, 0.1) is 6.10 Å². The van der Waals surface area contributed by atoms with Gasteiger partial charge in [0.25, 0.3) is 0 Å². The topological polar surface area (TPSA) is 23.5 Å². The monoisotopic (exact) mass is 285 g/mol. The molecule has 3 heteroatoms. The molecule has 112 valence electrons. The van der Waals surface area contributed by atoms with E-state index in [4.69, 9.17) is 0 Å². The van der Waals surface area contributed by atoms with Crippen LogP contribution in [0.4, 0.5) is 0 Å². The van der Waals surface area contributed by atoms with E-state index < -0.39 is 0 Å². The van der Waals surface area contributed by atoms with Gasteiger partial charge in [-0.05, 0) is 43.4 Å². The van der Waals surface area contributed by atoms with E-state index in [0.29, 0.717) is 17.4 Å². The van der Waals surface area contributed by atoms with Crippen LogP contribution in [0.5, 0.6) is 0 Å². The van der Waals surface area contributed by atoms with Crippen LogP contribution in [0.15, 0.2) is 0 Å². The molecule has 0 aromatic rings. The summed E-state index contributed by atoms with van der Waals surface area (Å²) in [4.78, 5) is 2.61. The quantitative estimate of drug-likeness (QED) is 0.842. The van der Waals surface area contributed by atoms with E-state index in [1.807, 2.05) is 0 Å². The zero-order valence-electron chi connectivity index (χ0n) is 13.1. The van der Waals surface area contributed by atoms with Gasteiger partial charge in [0.1, 0.15) is 0 Å². The molecule has 1 aliphatic carbocycles. The average Bonchev–Trinajstić information content (AvgIpc) is 2.33. The van der Waals surface area contributed by atoms with E-state index in [0.717, 1.165) is 18.9 Å². The maximum atomic E-state index is 10.3. The van der Waals surface area contributed by atoms with Crippen molar-refractivity contribution in [2.24, 2.45) is 17.3 Å². The Morgan fingerprint density at radius 1 is 1.26 bits per heavy atom. The summed E-state index contributed by atoms with van der Waals surface area (Å²) in [7, 11) is 0. The number of hydrogen-bond acceptors (Lipinski definition) is 3. The molecule has 1 heterocycles. The van der Waals surface area contributed by atoms with Gasteiger partial charge in [0, 0.05) is 30.6 Å². The normalized spacial score (nSPS) is 38.4. The van der Waals surface area contributed by atoms with Crippen LogP contribution < -0.4 is 0 Å². The number of aliphatic hydroxyl groups excluding tert-OH is 1. The summed E-state index contributed by atoms with van der Waals surface area (Å²) in [5.74, 6) is 3.78. The van der Waals surface area contributed by atoms with Crippen LogP contribution in [0, 0.1) is 17.3 Å². The number of hydrogen-bond donors (Lipinski definition) is 1. The molecule has 1 aliphatic heterocycles. The fourth-order valence-corrected chi connectivity index (χ4v) is 4.65. The fourth-order valence-electron chi connectivity index (χ4n) is 3.56. The molecule has 1 saturated heterocycles. The van der Waals surface area contributed by atoms with Gasteiger partial charge in [0.15, 0.2) is 0 Å². The van der Waals surface area contributed by atoms with Crippen molar-refractivity contribution >= 4 is 11.8 Å². The van der Waals surface area contributed by atoms with E-state index in [1.165, 1.54) is 30.9 Å². The van der Waals surface area contributed by atoms with Gasteiger partial charge in [-0.3, -0.25) is 4.90 Å². The number of thioether (sulfide) groups is 1. The largest absolute Gasteiger partial charge is 0.393 e. The van der Waals surface area contributed by atoms with Crippen molar-refractivity contribution in [2.75, 3.05) is 24.6 Å². The van der Waals surface area contributed by atoms with Crippen LogP contribution in [-0.4, -0.2) is 46.7 Å². The van der Waals surface area contributed by atoms with Crippen LogP contribution in [0.3, 0.4) is 0 Å². The van der Waals surface area contributed by atoms with Crippen LogP contribution in [0.25, 0.3) is 0 Å². The minimum atomic E-state index is -0.0691. The SMILES string of the molecule is CC1CSCCN1CC1CC(C(C)(C)C)CCC1O. The van der Waals surface area contributed by atoms with Crippen molar-refractivity contribution in [3.8, 4) is 0 Å². The van der Waals surface area contributed by atoms with Gasteiger partial charge in [-0.25, -0.2) is 0 Å². The lowest BCUT2D eigenvalue weighted by molar-refractivity contribution is -0.000221. The van der Waals surface area contributed by atoms with E-state index in [1.54, 1.807) is 0 Å². The minimum Gasteiger partial charge on any atom is -0.393 e. The molecule has 2 nitrogen and oxygen atoms in total. The second kappa shape index (κ2) is 6.36. The molecular weight excluding hydrogens is 254 g/mol. The lowest BCUT2D eigenvalue weighted by Crippen LogP contribution is -2.47. The predicted octanol–water partition coefficient (Wildman–Crippen LogP) is 3.25. The van der Waals surface area contributed by atoms with E-state index in [2.05, 4.69) is 44.4 Å². The minimum absolute atomic E-state index is 0.0691. The highest BCUT2D eigenvalue weighted by Gasteiger charge is 2.36. The standard InChI is InChI=1S/C16H31NOS/c1-12-11-19-8-7-17(12)10-13-9-14(16(2,3)4)5-6-15(13)18/h12-15,18H,5-11H2,1-4H3. The van der Waals surface area contributed by atoms with Crippen molar-refractivity contribution in [2.45, 2.75) is 59.1 Å². The van der Waals surface area contributed by atoms with Crippen LogP contribution in [0.1, 0.15) is 47.0 Å². The third-order valence-corrected chi connectivity index (χ3v) is 6.33. The van der Waals surface area contributed by atoms with Crippen LogP contribution in [0.2, 0.25) is 0 Å². The first kappa shape index (κ1) is 15.7. The molecule has 2 rings (SSSR count). The lowest BCUT2D eigenvalue weighted by atomic mass is 9.68. The van der Waals surface area contributed by atoms with E-state index in [9.17, 15) is 5.11 Å². The molecule has 0 spiro atoms. The second-order valence-electron chi connectivity index (χ2n) is 7.62. The van der Waals surface area contributed by atoms with Gasteiger partial charge in [0.2, 0.25) is 0 Å². The number of aliphatic hydroxyl groups is 1. The van der Waals surface area contributed by atoms with Gasteiger partial charge in [-0.1, -0.05) is 20.8 Å². The molecule has 4 atom stereocenters. The molecule has 4 unspecified atom stereocenters. The van der Waals surface area contributed by atoms with Crippen molar-refractivity contribution in [1.82, 2.24) is 4.90 Å². The third kappa shape index (κ3) is 4.12. The zero-order valence-corrected chi connectivity index (χ0v) is 13.9.